The first-order valence-corrected chi connectivity index (χ1v) is 5.63. The number of benzene rings is 1. The summed E-state index contributed by atoms with van der Waals surface area (Å²) in [7, 11) is -3.61. The van der Waals surface area contributed by atoms with Gasteiger partial charge in [-0.2, -0.15) is 8.42 Å². The molecule has 0 spiro atoms. The van der Waals surface area contributed by atoms with Crippen molar-refractivity contribution in [3.63, 3.8) is 0 Å². The maximum absolute atomic E-state index is 12.8. The molecule has 1 rings (SSSR count). The van der Waals surface area contributed by atoms with Crippen LogP contribution in [0.2, 0.25) is 0 Å². The summed E-state index contributed by atoms with van der Waals surface area (Å²) in [5.74, 6) is -0.647. The molecule has 1 aromatic carbocycles. The van der Waals surface area contributed by atoms with Gasteiger partial charge in [0.25, 0.3) is 0 Å². The van der Waals surface area contributed by atoms with Crippen molar-refractivity contribution < 1.29 is 21.8 Å². The van der Waals surface area contributed by atoms with Crippen molar-refractivity contribution in [2.45, 2.75) is 4.90 Å². The summed E-state index contributed by atoms with van der Waals surface area (Å²) < 4.78 is 38.6. The fraction of sp³-hybridized carbons (Fsp3) is 0.100. The zero-order valence-electron chi connectivity index (χ0n) is 8.38. The topological polar surface area (TPSA) is 60.4 Å². The first-order valence-electron chi connectivity index (χ1n) is 4.25. The lowest BCUT2D eigenvalue weighted by Gasteiger charge is -1.99. The van der Waals surface area contributed by atoms with E-state index >= 15 is 0 Å². The average molecular weight is 244 g/mol. The number of rotatable bonds is 3. The van der Waals surface area contributed by atoms with Gasteiger partial charge < -0.3 is 4.74 Å². The lowest BCUT2D eigenvalue weighted by molar-refractivity contribution is -0.134. The zero-order valence-corrected chi connectivity index (χ0v) is 9.20. The highest BCUT2D eigenvalue weighted by molar-refractivity contribution is 7.86. The molecule has 0 amide bonds. The van der Waals surface area contributed by atoms with Crippen LogP contribution in [0.15, 0.2) is 35.2 Å². The fourth-order valence-corrected chi connectivity index (χ4v) is 1.72. The van der Waals surface area contributed by atoms with Crippen LogP contribution >= 0.6 is 0 Å². The Balaban J connectivity index is 3.15. The third-order valence-corrected chi connectivity index (χ3v) is 2.68. The molecule has 0 bridgehead atoms. The van der Waals surface area contributed by atoms with E-state index in [0.29, 0.717) is 0 Å². The van der Waals surface area contributed by atoms with Crippen molar-refractivity contribution in [3.8, 4) is 0 Å². The van der Waals surface area contributed by atoms with Crippen molar-refractivity contribution >= 4 is 22.3 Å². The third kappa shape index (κ3) is 3.16. The van der Waals surface area contributed by atoms with Crippen LogP contribution in [0.1, 0.15) is 5.56 Å². The van der Waals surface area contributed by atoms with Gasteiger partial charge >= 0.3 is 16.2 Å². The van der Waals surface area contributed by atoms with Gasteiger partial charge in [-0.05, 0) is 17.7 Å². The van der Waals surface area contributed by atoms with E-state index in [0.717, 1.165) is 12.1 Å². The summed E-state index contributed by atoms with van der Waals surface area (Å²) in [6.07, 6.45) is 2.20. The first-order chi connectivity index (χ1) is 7.45. The molecule has 16 heavy (non-hydrogen) atoms. The second-order valence-corrected chi connectivity index (χ2v) is 4.15. The van der Waals surface area contributed by atoms with Crippen molar-refractivity contribution in [2.75, 3.05) is 7.11 Å². The summed E-state index contributed by atoms with van der Waals surface area (Å²) in [5.41, 5.74) is 0.0930. The molecule has 86 valence electrons. The van der Waals surface area contributed by atoms with Crippen molar-refractivity contribution in [1.29, 1.82) is 0 Å². The highest BCUT2D eigenvalue weighted by Crippen LogP contribution is 2.18. The van der Waals surface area contributed by atoms with E-state index in [1.807, 2.05) is 0 Å². The summed E-state index contributed by atoms with van der Waals surface area (Å²) >= 11 is 0. The van der Waals surface area contributed by atoms with Crippen LogP contribution in [0.3, 0.4) is 0 Å². The molecule has 0 unspecified atom stereocenters. The van der Waals surface area contributed by atoms with Gasteiger partial charge in [-0.3, -0.25) is 0 Å². The lowest BCUT2D eigenvalue weighted by atomic mass is 10.2. The van der Waals surface area contributed by atoms with Crippen molar-refractivity contribution in [1.82, 2.24) is 0 Å². The van der Waals surface area contributed by atoms with E-state index in [1.165, 1.54) is 31.4 Å². The molecule has 0 saturated carbocycles. The molecule has 0 radical (unpaired) electrons. The number of carbonyl (C=O) groups excluding carboxylic acids is 1. The first kappa shape index (κ1) is 12.4. The predicted molar refractivity (Wildman–Crippen MR) is 55.8 cm³/mol. The smallest absolute Gasteiger partial charge is 0.332 e. The maximum atomic E-state index is 12.8. The molecule has 0 aromatic heterocycles. The molecule has 4 nitrogen and oxygen atoms in total. The van der Waals surface area contributed by atoms with E-state index in [9.17, 15) is 17.1 Å². The van der Waals surface area contributed by atoms with Gasteiger partial charge in [0.15, 0.2) is 0 Å². The van der Waals surface area contributed by atoms with E-state index in [4.69, 9.17) is 0 Å². The number of esters is 1. The highest BCUT2D eigenvalue weighted by atomic mass is 32.3. The molecule has 1 aromatic rings. The Bertz CT molecular complexity index is 519. The fourth-order valence-electron chi connectivity index (χ4n) is 1.07. The predicted octanol–water partition coefficient (Wildman–Crippen LogP) is 1.53. The van der Waals surface area contributed by atoms with E-state index in [2.05, 4.69) is 4.74 Å². The zero-order chi connectivity index (χ0) is 12.2. The lowest BCUT2D eigenvalue weighted by Crippen LogP contribution is -1.97. The second kappa shape index (κ2) is 4.89. The van der Waals surface area contributed by atoms with Gasteiger partial charge in [0.1, 0.15) is 4.90 Å². The largest absolute Gasteiger partial charge is 0.466 e. The molecule has 0 heterocycles. The molecule has 0 aliphatic rings. The number of ether oxygens (including phenoxy) is 1. The molecule has 0 atom stereocenters. The number of hydrogen-bond donors (Lipinski definition) is 0. The van der Waals surface area contributed by atoms with Crippen LogP contribution in [-0.4, -0.2) is 21.5 Å². The van der Waals surface area contributed by atoms with Crippen LogP contribution in [0, 0.1) is 0 Å². The minimum atomic E-state index is -4.79. The highest BCUT2D eigenvalue weighted by Gasteiger charge is 2.14. The average Bonchev–Trinajstić information content (AvgIpc) is 2.25. The van der Waals surface area contributed by atoms with Gasteiger partial charge in [-0.25, -0.2) is 4.79 Å². The Hall–Kier alpha value is -1.69. The minimum absolute atomic E-state index is 0.0930. The van der Waals surface area contributed by atoms with Gasteiger partial charge in [0.2, 0.25) is 0 Å². The molecule has 0 fully saturated rings. The summed E-state index contributed by atoms with van der Waals surface area (Å²) in [6.45, 7) is 0. The van der Waals surface area contributed by atoms with Gasteiger partial charge in [0.05, 0.1) is 7.11 Å². The van der Waals surface area contributed by atoms with Crippen LogP contribution in [0.4, 0.5) is 3.89 Å². The number of hydrogen-bond acceptors (Lipinski definition) is 4. The number of halogens is 1. The maximum Gasteiger partial charge on any atom is 0.332 e. The quantitative estimate of drug-likeness (QED) is 0.459. The van der Waals surface area contributed by atoms with Crippen LogP contribution in [0.5, 0.6) is 0 Å². The summed E-state index contributed by atoms with van der Waals surface area (Å²) in [4.78, 5) is 10.3. The monoisotopic (exact) mass is 244 g/mol. The van der Waals surface area contributed by atoms with Crippen LogP contribution in [0.25, 0.3) is 6.08 Å². The van der Waals surface area contributed by atoms with Gasteiger partial charge in [0, 0.05) is 6.08 Å². The second-order valence-electron chi connectivity index (χ2n) is 2.83. The van der Waals surface area contributed by atoms with E-state index in [1.54, 1.807) is 0 Å². The number of methoxy groups -OCH3 is 1. The third-order valence-electron chi connectivity index (χ3n) is 1.78. The van der Waals surface area contributed by atoms with Crippen molar-refractivity contribution in [2.24, 2.45) is 0 Å². The number of carbonyl (C=O) groups is 1. The van der Waals surface area contributed by atoms with Gasteiger partial charge in [-0.15, -0.1) is 3.89 Å². The van der Waals surface area contributed by atoms with Gasteiger partial charge in [-0.1, -0.05) is 18.2 Å². The standard InChI is InChI=1S/C10H9FO4S/c1-15-10(12)7-6-8-4-2-3-5-9(8)16(11,13)14/h2-7H,1H3. The molecule has 0 aliphatic carbocycles. The van der Waals surface area contributed by atoms with E-state index in [-0.39, 0.29) is 5.56 Å². The Morgan fingerprint density at radius 3 is 2.56 bits per heavy atom. The Kier molecular flexibility index (Phi) is 3.78. The molecule has 6 heteroatoms. The van der Waals surface area contributed by atoms with Crippen LogP contribution < -0.4 is 0 Å². The molecular formula is C10H9FO4S. The van der Waals surface area contributed by atoms with E-state index < -0.39 is 21.1 Å². The summed E-state index contributed by atoms with van der Waals surface area (Å²) in [6, 6.07) is 5.42. The van der Waals surface area contributed by atoms with Crippen LogP contribution in [-0.2, 0) is 19.8 Å². The molecule has 0 N–H and O–H groups in total. The summed E-state index contributed by atoms with van der Waals surface area (Å²) in [5, 5.41) is 0. The van der Waals surface area contributed by atoms with Crippen molar-refractivity contribution in [3.05, 3.63) is 35.9 Å². The molecular weight excluding hydrogens is 235 g/mol. The molecule has 0 aliphatic heterocycles. The molecule has 0 saturated heterocycles. The minimum Gasteiger partial charge on any atom is -0.466 e. The normalized spacial score (nSPS) is 11.6. The Morgan fingerprint density at radius 1 is 1.38 bits per heavy atom. The Morgan fingerprint density at radius 2 is 2.00 bits per heavy atom. The SMILES string of the molecule is COC(=O)C=Cc1ccccc1S(=O)(=O)F. The Labute approximate surface area is 92.6 Å².